The first-order chi connectivity index (χ1) is 34.2. The minimum absolute atomic E-state index is 0.453. The van der Waals surface area contributed by atoms with Gasteiger partial charge in [-0.15, -0.1) is 34.0 Å². The molecule has 0 aliphatic carbocycles. The number of primary amides is 1. The van der Waals surface area contributed by atoms with Crippen LogP contribution in [-0.2, 0) is 23.5 Å². The highest BCUT2D eigenvalue weighted by Gasteiger charge is 2.21. The first-order valence-electron chi connectivity index (χ1n) is 21.9. The molecule has 23 heteroatoms. The summed E-state index contributed by atoms with van der Waals surface area (Å²) in [6.07, 6.45) is 9.66. The lowest BCUT2D eigenvalue weighted by Gasteiger charge is -2.13. The molecule has 0 radical (unpaired) electrons. The van der Waals surface area contributed by atoms with Gasteiger partial charge >= 0.3 is 10.4 Å². The molecular formula is C48H48IN11O7S4. The number of hydrogen-bond acceptors (Lipinski definition) is 18. The second-order valence-electron chi connectivity index (χ2n) is 15.9. The molecule has 0 atom stereocenters. The van der Waals surface area contributed by atoms with Gasteiger partial charge in [-0.1, -0.05) is 24.3 Å². The van der Waals surface area contributed by atoms with Gasteiger partial charge in [0, 0.05) is 74.0 Å². The maximum absolute atomic E-state index is 11.4. The van der Waals surface area contributed by atoms with Crippen LogP contribution in [0.1, 0.15) is 58.3 Å². The molecule has 2 fully saturated rings. The number of methoxy groups -OCH3 is 2. The molecule has 1 amide bonds. The normalized spacial score (nSPS) is 13.0. The number of halogens is 1. The summed E-state index contributed by atoms with van der Waals surface area (Å²) in [6, 6.07) is 26.6. The Kier molecular flexibility index (Phi) is 17.7. The lowest BCUT2D eigenvalue weighted by Crippen LogP contribution is -2.15. The number of ether oxygens (including phenoxy) is 2. The Balaban J connectivity index is 0.000000151. The Morgan fingerprint density at radius 3 is 1.56 bits per heavy atom. The van der Waals surface area contributed by atoms with Gasteiger partial charge in [0.05, 0.1) is 57.9 Å². The van der Waals surface area contributed by atoms with Gasteiger partial charge in [0.1, 0.15) is 41.1 Å². The predicted octanol–water partition coefficient (Wildman–Crippen LogP) is 9.71. The van der Waals surface area contributed by atoms with Crippen molar-refractivity contribution in [2.45, 2.75) is 38.8 Å². The summed E-state index contributed by atoms with van der Waals surface area (Å²) in [5, 5.41) is 30.6. The summed E-state index contributed by atoms with van der Waals surface area (Å²) in [4.78, 5) is 29.0. The van der Waals surface area contributed by atoms with E-state index in [1.54, 1.807) is 60.6 Å². The first-order valence-corrected chi connectivity index (χ1v) is 26.8. The van der Waals surface area contributed by atoms with Crippen LogP contribution in [0.4, 0.5) is 27.5 Å². The van der Waals surface area contributed by atoms with Crippen LogP contribution in [0.3, 0.4) is 0 Å². The molecule has 0 bridgehead atoms. The predicted molar refractivity (Wildman–Crippen MR) is 292 cm³/mol. The zero-order valence-corrected chi connectivity index (χ0v) is 43.8. The van der Waals surface area contributed by atoms with Crippen LogP contribution >= 0.6 is 56.6 Å². The van der Waals surface area contributed by atoms with Crippen molar-refractivity contribution < 1.29 is 31.8 Å². The number of pyridine rings is 3. The van der Waals surface area contributed by atoms with Crippen molar-refractivity contribution >= 4 is 131 Å². The highest BCUT2D eigenvalue weighted by Crippen LogP contribution is 2.40. The van der Waals surface area contributed by atoms with Crippen LogP contribution in [0.5, 0.6) is 11.5 Å². The SMILES string of the molecule is COc1ccc(CNc2ncc(C#N)c3sc(I)cc23)cc1.COc1ccc(CNc2ncc(C#N)c3sc(N4CCCC4)cc23)cc1.NC(=O)c1cnc(N)c2cc(N3CCCC3)sc12.O=S(=O)(O)O. The maximum Gasteiger partial charge on any atom is 0.394 e. The average Bonchev–Trinajstić information content (AvgIpc) is 4.23. The number of carbonyl (C=O) groups is 1. The molecule has 6 aromatic heterocycles. The monoisotopic (exact) mass is 1150 g/mol. The number of fused-ring (bicyclic) bond motifs is 3. The molecule has 8 N–H and O–H groups in total. The number of thiophene rings is 3. The minimum atomic E-state index is -4.67. The number of nitrogens with zero attached hydrogens (tertiary/aromatic N) is 7. The van der Waals surface area contributed by atoms with E-state index in [0.717, 1.165) is 98.6 Å². The zero-order chi connectivity index (χ0) is 50.7. The van der Waals surface area contributed by atoms with Gasteiger partial charge in [0.25, 0.3) is 5.91 Å². The molecule has 0 unspecified atom stereocenters. The molecule has 0 saturated carbocycles. The highest BCUT2D eigenvalue weighted by atomic mass is 127. The summed E-state index contributed by atoms with van der Waals surface area (Å²) < 4.78 is 45.9. The van der Waals surface area contributed by atoms with Crippen LogP contribution in [0.25, 0.3) is 30.3 Å². The summed E-state index contributed by atoms with van der Waals surface area (Å²) in [6.45, 7) is 5.66. The number of amides is 1. The van der Waals surface area contributed by atoms with E-state index in [0.29, 0.717) is 35.6 Å². The molecule has 0 spiro atoms. The molecule has 71 heavy (non-hydrogen) atoms. The van der Waals surface area contributed by atoms with Crippen molar-refractivity contribution in [2.75, 3.05) is 66.6 Å². The Hall–Kier alpha value is -6.58. The maximum atomic E-state index is 11.4. The molecule has 2 aliphatic heterocycles. The second kappa shape index (κ2) is 24.0. The molecule has 18 nitrogen and oxygen atoms in total. The standard InChI is InChI=1S/C20H20N4OS.C16H12IN3OS.C12H14N4OS.H2O4S/c1-25-16-6-4-14(5-7-16)12-22-20-17-10-18(24-8-2-3-9-24)26-19(17)15(11-21)13-23-20;1-21-12-4-2-10(3-5-12)8-19-16-13-6-14(17)22-15(13)11(7-18)9-20-16;13-11-7-5-9(16-3-1-2-4-16)18-10(7)8(6-15-11)12(14)17;1-5(2,3)4/h4-7,10,13H,2-3,8-9,12H2,1H3,(H,22,23);2-6,9H,8H2,1H3,(H,19,20);5-6H,1-4H2,(H2,13,15)(H2,14,17);(H2,1,2,3,4). The Bertz CT molecular complexity index is 3330. The molecule has 8 aromatic rings. The Morgan fingerprint density at radius 1 is 0.704 bits per heavy atom. The third-order valence-electron chi connectivity index (χ3n) is 11.2. The smallest absolute Gasteiger partial charge is 0.394 e. The van der Waals surface area contributed by atoms with Crippen molar-refractivity contribution in [2.24, 2.45) is 5.73 Å². The zero-order valence-electron chi connectivity index (χ0n) is 38.4. The van der Waals surface area contributed by atoms with Crippen molar-refractivity contribution in [3.05, 3.63) is 116 Å². The van der Waals surface area contributed by atoms with Crippen molar-refractivity contribution in [3.63, 3.8) is 0 Å². The van der Waals surface area contributed by atoms with E-state index < -0.39 is 16.3 Å². The largest absolute Gasteiger partial charge is 0.497 e. The van der Waals surface area contributed by atoms with E-state index in [4.69, 9.17) is 38.5 Å². The van der Waals surface area contributed by atoms with Crippen LogP contribution in [-0.4, -0.2) is 78.8 Å². The molecule has 2 aliphatic rings. The molecular weight excluding hydrogens is 1100 g/mol. The third-order valence-corrected chi connectivity index (χ3v) is 15.6. The number of benzene rings is 2. The number of nitriles is 2. The van der Waals surface area contributed by atoms with E-state index in [1.807, 2.05) is 54.6 Å². The lowest BCUT2D eigenvalue weighted by molar-refractivity contribution is 0.100. The summed E-state index contributed by atoms with van der Waals surface area (Å²) in [5.74, 6) is 3.33. The average molecular weight is 1150 g/mol. The molecule has 8 heterocycles. The van der Waals surface area contributed by atoms with Crippen LogP contribution in [0.2, 0.25) is 0 Å². The number of aromatic nitrogens is 3. The quantitative estimate of drug-likeness (QED) is 0.0519. The molecule has 2 saturated heterocycles. The second-order valence-corrected chi connectivity index (χ2v) is 21.8. The fraction of sp³-hybridized carbons (Fsp3) is 0.250. The van der Waals surface area contributed by atoms with E-state index >= 15 is 0 Å². The number of nitrogen functional groups attached to an aromatic ring is 1. The first kappa shape index (κ1) is 52.2. The van der Waals surface area contributed by atoms with Gasteiger partial charge in [-0.3, -0.25) is 13.9 Å². The number of nitrogens with two attached hydrogens (primary N) is 2. The van der Waals surface area contributed by atoms with Gasteiger partial charge in [0.15, 0.2) is 0 Å². The van der Waals surface area contributed by atoms with Crippen molar-refractivity contribution in [1.82, 2.24) is 15.0 Å². The van der Waals surface area contributed by atoms with Gasteiger partial charge in [-0.05, 0) is 102 Å². The number of carbonyl (C=O) groups excluding carboxylic acids is 1. The van der Waals surface area contributed by atoms with E-state index in [-0.39, 0.29) is 0 Å². The van der Waals surface area contributed by atoms with Crippen molar-refractivity contribution in [3.8, 4) is 23.6 Å². The minimum Gasteiger partial charge on any atom is -0.497 e. The summed E-state index contributed by atoms with van der Waals surface area (Å²) in [5.41, 5.74) is 15.2. The van der Waals surface area contributed by atoms with E-state index in [2.05, 4.69) is 82.2 Å². The van der Waals surface area contributed by atoms with Gasteiger partial charge < -0.3 is 41.4 Å². The molecule has 2 aromatic carbocycles. The Labute approximate surface area is 435 Å². The fourth-order valence-corrected chi connectivity index (χ4v) is 11.9. The van der Waals surface area contributed by atoms with Gasteiger partial charge in [0.2, 0.25) is 0 Å². The number of nitrogens with one attached hydrogen (secondary N) is 2. The van der Waals surface area contributed by atoms with Crippen molar-refractivity contribution in [1.29, 1.82) is 10.5 Å². The molecule has 368 valence electrons. The van der Waals surface area contributed by atoms with E-state index in [9.17, 15) is 15.3 Å². The summed E-state index contributed by atoms with van der Waals surface area (Å²) in [7, 11) is -1.35. The highest BCUT2D eigenvalue weighted by molar-refractivity contribution is 14.1. The lowest BCUT2D eigenvalue weighted by atomic mass is 10.2. The number of rotatable bonds is 11. The summed E-state index contributed by atoms with van der Waals surface area (Å²) >= 11 is 7.14. The number of anilines is 5. The third kappa shape index (κ3) is 13.6. The van der Waals surface area contributed by atoms with E-state index in [1.165, 1.54) is 36.9 Å². The van der Waals surface area contributed by atoms with Gasteiger partial charge in [-0.25, -0.2) is 15.0 Å². The fourth-order valence-electron chi connectivity index (χ4n) is 7.70. The van der Waals surface area contributed by atoms with Crippen LogP contribution in [0.15, 0.2) is 85.3 Å². The van der Waals surface area contributed by atoms with Crippen LogP contribution < -0.4 is 41.4 Å². The topological polar surface area (TPSA) is 279 Å². The molecule has 10 rings (SSSR count). The van der Waals surface area contributed by atoms with Crippen LogP contribution in [0, 0.1) is 25.5 Å². The van der Waals surface area contributed by atoms with Gasteiger partial charge in [-0.2, -0.15) is 18.9 Å². The number of hydrogen-bond donors (Lipinski definition) is 6. The Morgan fingerprint density at radius 2 is 1.13 bits per heavy atom.